The molecule has 0 spiro atoms. The summed E-state index contributed by atoms with van der Waals surface area (Å²) < 4.78 is 5.56. The lowest BCUT2D eigenvalue weighted by Crippen LogP contribution is -2.29. The third-order valence-corrected chi connectivity index (χ3v) is 6.05. The van der Waals surface area contributed by atoms with E-state index in [1.165, 1.54) is 4.90 Å². The number of Topliss-reactive ketones (excluding diaryl/α,β-unsaturated/α-hetero) is 1. The van der Waals surface area contributed by atoms with E-state index in [-0.39, 0.29) is 11.3 Å². The second-order valence-electron chi connectivity index (χ2n) is 8.34. The number of amides is 1. The third-order valence-electron chi connectivity index (χ3n) is 6.05. The maximum atomic E-state index is 13.3. The van der Waals surface area contributed by atoms with Gasteiger partial charge in [-0.2, -0.15) is 0 Å². The van der Waals surface area contributed by atoms with Gasteiger partial charge in [0.25, 0.3) is 11.7 Å². The smallest absolute Gasteiger partial charge is 0.300 e. The van der Waals surface area contributed by atoms with E-state index in [1.54, 1.807) is 12.1 Å². The number of anilines is 1. The van der Waals surface area contributed by atoms with Crippen LogP contribution in [-0.2, 0) is 16.0 Å². The SMILES string of the molecule is Cc1cccc(C2/C(=C(/O)c3ccc4c(c3)CCO4)C(=O)C(=O)N2c2cccc(C)c2)c1. The van der Waals surface area contributed by atoms with Crippen molar-refractivity contribution < 1.29 is 19.4 Å². The monoisotopic (exact) mass is 425 g/mol. The molecule has 2 aliphatic heterocycles. The van der Waals surface area contributed by atoms with Crippen molar-refractivity contribution in [1.82, 2.24) is 0 Å². The van der Waals surface area contributed by atoms with Gasteiger partial charge < -0.3 is 9.84 Å². The fraction of sp³-hybridized carbons (Fsp3) is 0.185. The summed E-state index contributed by atoms with van der Waals surface area (Å²) in [6, 6.07) is 19.8. The summed E-state index contributed by atoms with van der Waals surface area (Å²) in [5.74, 6) is -0.711. The van der Waals surface area contributed by atoms with E-state index in [2.05, 4.69) is 0 Å². The van der Waals surface area contributed by atoms with Crippen LogP contribution in [0.15, 0.2) is 72.3 Å². The molecule has 5 nitrogen and oxygen atoms in total. The first-order valence-corrected chi connectivity index (χ1v) is 10.6. The number of ketones is 1. The van der Waals surface area contributed by atoms with Crippen LogP contribution in [0.4, 0.5) is 5.69 Å². The van der Waals surface area contributed by atoms with Crippen molar-refractivity contribution in [2.75, 3.05) is 11.5 Å². The number of ether oxygens (including phenoxy) is 1. The summed E-state index contributed by atoms with van der Waals surface area (Å²) in [4.78, 5) is 28.0. The Hall–Kier alpha value is -3.86. The molecule has 1 unspecified atom stereocenters. The maximum Gasteiger partial charge on any atom is 0.300 e. The van der Waals surface area contributed by atoms with Gasteiger partial charge in [0.15, 0.2) is 0 Å². The molecule has 0 saturated carbocycles. The Morgan fingerprint density at radius 3 is 2.47 bits per heavy atom. The van der Waals surface area contributed by atoms with Crippen molar-refractivity contribution in [1.29, 1.82) is 0 Å². The molecule has 0 bridgehead atoms. The van der Waals surface area contributed by atoms with Crippen LogP contribution in [0, 0.1) is 13.8 Å². The summed E-state index contributed by atoms with van der Waals surface area (Å²) in [6.07, 6.45) is 0.745. The van der Waals surface area contributed by atoms with Crippen molar-refractivity contribution in [3.8, 4) is 5.75 Å². The van der Waals surface area contributed by atoms with Crippen LogP contribution in [0.1, 0.15) is 33.9 Å². The largest absolute Gasteiger partial charge is 0.507 e. The summed E-state index contributed by atoms with van der Waals surface area (Å²) in [5, 5.41) is 11.3. The first-order valence-electron chi connectivity index (χ1n) is 10.6. The molecule has 0 aliphatic carbocycles. The highest BCUT2D eigenvalue weighted by molar-refractivity contribution is 6.51. The van der Waals surface area contributed by atoms with E-state index >= 15 is 0 Å². The van der Waals surface area contributed by atoms with Gasteiger partial charge in [-0.15, -0.1) is 0 Å². The van der Waals surface area contributed by atoms with Crippen molar-refractivity contribution in [2.45, 2.75) is 26.3 Å². The number of aliphatic hydroxyl groups is 1. The first kappa shape index (κ1) is 20.1. The summed E-state index contributed by atoms with van der Waals surface area (Å²) in [5.41, 5.74) is 4.97. The van der Waals surface area contributed by atoms with Crippen LogP contribution in [0.3, 0.4) is 0 Å². The fourth-order valence-electron chi connectivity index (χ4n) is 4.52. The van der Waals surface area contributed by atoms with Gasteiger partial charge in [-0.3, -0.25) is 14.5 Å². The van der Waals surface area contributed by atoms with E-state index in [0.717, 1.165) is 34.4 Å². The van der Waals surface area contributed by atoms with E-state index in [4.69, 9.17) is 4.74 Å². The van der Waals surface area contributed by atoms with Crippen LogP contribution >= 0.6 is 0 Å². The van der Waals surface area contributed by atoms with Gasteiger partial charge in [0, 0.05) is 17.7 Å². The number of benzene rings is 3. The lowest BCUT2D eigenvalue weighted by Gasteiger charge is -2.26. The topological polar surface area (TPSA) is 66.8 Å². The predicted molar refractivity (Wildman–Crippen MR) is 123 cm³/mol. The molecule has 2 heterocycles. The molecule has 160 valence electrons. The molecule has 1 saturated heterocycles. The lowest BCUT2D eigenvalue weighted by atomic mass is 9.93. The molecule has 32 heavy (non-hydrogen) atoms. The molecular formula is C27H23NO4. The summed E-state index contributed by atoms with van der Waals surface area (Å²) >= 11 is 0. The second-order valence-corrected chi connectivity index (χ2v) is 8.34. The number of carbonyl (C=O) groups is 2. The van der Waals surface area contributed by atoms with E-state index in [9.17, 15) is 14.7 Å². The highest BCUT2D eigenvalue weighted by atomic mass is 16.5. The van der Waals surface area contributed by atoms with Crippen LogP contribution in [0.2, 0.25) is 0 Å². The number of carbonyl (C=O) groups excluding carboxylic acids is 2. The predicted octanol–water partition coefficient (Wildman–Crippen LogP) is 4.86. The Morgan fingerprint density at radius 1 is 0.969 bits per heavy atom. The minimum absolute atomic E-state index is 0.0981. The Morgan fingerprint density at radius 2 is 1.72 bits per heavy atom. The molecule has 2 aliphatic rings. The van der Waals surface area contributed by atoms with Gasteiger partial charge in [0.05, 0.1) is 18.2 Å². The molecule has 0 aromatic heterocycles. The zero-order chi connectivity index (χ0) is 22.4. The van der Waals surface area contributed by atoms with Crippen molar-refractivity contribution in [3.05, 3.63) is 100 Å². The van der Waals surface area contributed by atoms with E-state index in [1.807, 2.05) is 68.4 Å². The first-order chi connectivity index (χ1) is 15.4. The minimum Gasteiger partial charge on any atom is -0.507 e. The number of aliphatic hydroxyl groups excluding tert-OH is 1. The van der Waals surface area contributed by atoms with Gasteiger partial charge in [0.2, 0.25) is 0 Å². The average molecular weight is 425 g/mol. The zero-order valence-electron chi connectivity index (χ0n) is 18.0. The highest BCUT2D eigenvalue weighted by Gasteiger charge is 2.47. The summed E-state index contributed by atoms with van der Waals surface area (Å²) in [7, 11) is 0. The molecule has 0 radical (unpaired) electrons. The van der Waals surface area contributed by atoms with Crippen molar-refractivity contribution in [2.24, 2.45) is 0 Å². The molecule has 1 amide bonds. The Kier molecular flexibility index (Phi) is 4.82. The number of nitrogens with zero attached hydrogens (tertiary/aromatic N) is 1. The molecule has 1 N–H and O–H groups in total. The van der Waals surface area contributed by atoms with E-state index in [0.29, 0.717) is 17.9 Å². The number of hydrogen-bond donors (Lipinski definition) is 1. The zero-order valence-corrected chi connectivity index (χ0v) is 18.0. The molecule has 1 fully saturated rings. The quantitative estimate of drug-likeness (QED) is 0.370. The van der Waals surface area contributed by atoms with Gasteiger partial charge in [-0.05, 0) is 60.9 Å². The van der Waals surface area contributed by atoms with Crippen molar-refractivity contribution in [3.63, 3.8) is 0 Å². The highest BCUT2D eigenvalue weighted by Crippen LogP contribution is 2.43. The molecule has 3 aromatic rings. The fourth-order valence-corrected chi connectivity index (χ4v) is 4.52. The third kappa shape index (κ3) is 3.26. The number of fused-ring (bicyclic) bond motifs is 1. The Bertz CT molecular complexity index is 1290. The number of rotatable bonds is 3. The second kappa shape index (κ2) is 7.68. The number of hydrogen-bond acceptors (Lipinski definition) is 4. The molecule has 5 rings (SSSR count). The van der Waals surface area contributed by atoms with E-state index < -0.39 is 17.7 Å². The maximum absolute atomic E-state index is 13.3. The average Bonchev–Trinajstić information content (AvgIpc) is 3.35. The lowest BCUT2D eigenvalue weighted by molar-refractivity contribution is -0.132. The van der Waals surface area contributed by atoms with Crippen LogP contribution in [-0.4, -0.2) is 23.4 Å². The van der Waals surface area contributed by atoms with Gasteiger partial charge in [0.1, 0.15) is 11.5 Å². The van der Waals surface area contributed by atoms with Gasteiger partial charge in [-0.25, -0.2) is 0 Å². The molecular weight excluding hydrogens is 402 g/mol. The van der Waals surface area contributed by atoms with Crippen LogP contribution < -0.4 is 9.64 Å². The van der Waals surface area contributed by atoms with Crippen molar-refractivity contribution >= 4 is 23.1 Å². The molecule has 1 atom stereocenters. The molecule has 3 aromatic carbocycles. The van der Waals surface area contributed by atoms with Crippen LogP contribution in [0.5, 0.6) is 5.75 Å². The van der Waals surface area contributed by atoms with Crippen LogP contribution in [0.25, 0.3) is 5.76 Å². The molecule has 5 heteroatoms. The Labute approximate surface area is 186 Å². The number of aryl methyl sites for hydroxylation is 2. The normalized spacial score (nSPS) is 19.2. The standard InChI is InChI=1S/C27H23NO4/c1-16-5-3-7-19(13-16)24-23(25(29)20-9-10-22-18(15-20)11-12-32-22)26(30)27(31)28(24)21-8-4-6-17(2)14-21/h3-10,13-15,24,29H,11-12H2,1-2H3/b25-23-. The Balaban J connectivity index is 1.72. The van der Waals surface area contributed by atoms with Gasteiger partial charge in [-0.1, -0.05) is 42.0 Å². The summed E-state index contributed by atoms with van der Waals surface area (Å²) in [6.45, 7) is 4.50. The van der Waals surface area contributed by atoms with Gasteiger partial charge >= 0.3 is 0 Å². The minimum atomic E-state index is -0.721.